The van der Waals surface area contributed by atoms with E-state index in [1.165, 1.54) is 12.1 Å². The normalized spacial score (nSPS) is 16.6. The number of piperazine rings is 1. The van der Waals surface area contributed by atoms with Crippen LogP contribution < -0.4 is 4.90 Å². The lowest BCUT2D eigenvalue weighted by molar-refractivity contribution is -0.384. The predicted molar refractivity (Wildman–Crippen MR) is 71.6 cm³/mol. The van der Waals surface area contributed by atoms with Gasteiger partial charge in [0.25, 0.3) is 0 Å². The Bertz CT molecular complexity index is 463. The van der Waals surface area contributed by atoms with Gasteiger partial charge in [0, 0.05) is 38.8 Å². The van der Waals surface area contributed by atoms with Gasteiger partial charge in [-0.15, -0.1) is 0 Å². The number of hydrogen-bond acceptors (Lipinski definition) is 6. The number of pyridine rings is 1. The van der Waals surface area contributed by atoms with E-state index in [0.717, 1.165) is 13.1 Å². The largest absolute Gasteiger partial charge is 0.395 e. The zero-order valence-electron chi connectivity index (χ0n) is 10.3. The summed E-state index contributed by atoms with van der Waals surface area (Å²) in [5, 5.41) is 20.1. The van der Waals surface area contributed by atoms with E-state index < -0.39 is 4.92 Å². The maximum atomic E-state index is 11.0. The number of nitrogens with zero attached hydrogens (tertiary/aromatic N) is 4. The van der Waals surface area contributed by atoms with Gasteiger partial charge >= 0.3 is 5.69 Å². The molecule has 8 heteroatoms. The zero-order valence-corrected chi connectivity index (χ0v) is 11.1. The van der Waals surface area contributed by atoms with E-state index in [1.807, 2.05) is 4.90 Å². The van der Waals surface area contributed by atoms with Crippen molar-refractivity contribution in [3.05, 3.63) is 27.4 Å². The molecule has 1 aromatic heterocycles. The lowest BCUT2D eigenvalue weighted by atomic mass is 10.3. The van der Waals surface area contributed by atoms with Crippen LogP contribution in [0.2, 0.25) is 5.15 Å². The molecule has 0 spiro atoms. The second kappa shape index (κ2) is 6.14. The zero-order chi connectivity index (χ0) is 13.8. The van der Waals surface area contributed by atoms with Crippen LogP contribution in [-0.2, 0) is 0 Å². The smallest absolute Gasteiger partial charge is 0.311 e. The fraction of sp³-hybridized carbons (Fsp3) is 0.545. The molecule has 2 rings (SSSR count). The first-order valence-corrected chi connectivity index (χ1v) is 6.38. The molecule has 0 radical (unpaired) electrons. The molecule has 1 aliphatic heterocycles. The minimum Gasteiger partial charge on any atom is -0.395 e. The average Bonchev–Trinajstić information content (AvgIpc) is 2.39. The molecule has 1 aliphatic rings. The number of β-amino-alcohol motifs (C(OH)–C–C–N with tert-alkyl or cyclic N) is 1. The van der Waals surface area contributed by atoms with E-state index in [1.54, 1.807) is 0 Å². The first-order valence-electron chi connectivity index (χ1n) is 6.01. The van der Waals surface area contributed by atoms with Crippen LogP contribution in [-0.4, -0.2) is 59.2 Å². The number of aliphatic hydroxyl groups excluding tert-OH is 1. The van der Waals surface area contributed by atoms with E-state index in [0.29, 0.717) is 25.5 Å². The van der Waals surface area contributed by atoms with Crippen molar-refractivity contribution in [1.82, 2.24) is 9.88 Å². The molecule has 0 saturated carbocycles. The lowest BCUT2D eigenvalue weighted by Gasteiger charge is -2.34. The van der Waals surface area contributed by atoms with Gasteiger partial charge in [-0.05, 0) is 6.07 Å². The van der Waals surface area contributed by atoms with Crippen molar-refractivity contribution >= 4 is 23.1 Å². The molecule has 1 saturated heterocycles. The molecule has 19 heavy (non-hydrogen) atoms. The Labute approximate surface area is 115 Å². The van der Waals surface area contributed by atoms with Crippen LogP contribution in [0.1, 0.15) is 0 Å². The summed E-state index contributed by atoms with van der Waals surface area (Å²) in [6.07, 6.45) is 0. The molecule has 104 valence electrons. The highest BCUT2D eigenvalue weighted by atomic mass is 35.5. The third-order valence-corrected chi connectivity index (χ3v) is 3.32. The van der Waals surface area contributed by atoms with Gasteiger partial charge in [0.2, 0.25) is 5.82 Å². The Morgan fingerprint density at radius 1 is 1.37 bits per heavy atom. The number of halogens is 1. The highest BCUT2D eigenvalue weighted by molar-refractivity contribution is 6.29. The summed E-state index contributed by atoms with van der Waals surface area (Å²) in [4.78, 5) is 18.6. The van der Waals surface area contributed by atoms with Gasteiger partial charge in [0.05, 0.1) is 11.5 Å². The first kappa shape index (κ1) is 14.0. The van der Waals surface area contributed by atoms with Gasteiger partial charge < -0.3 is 10.0 Å². The van der Waals surface area contributed by atoms with Crippen molar-refractivity contribution in [1.29, 1.82) is 0 Å². The molecule has 0 aromatic carbocycles. The third-order valence-electron chi connectivity index (χ3n) is 3.11. The fourth-order valence-electron chi connectivity index (χ4n) is 2.12. The SMILES string of the molecule is O=[N+]([O-])c1ccc(Cl)nc1N1CCN(CCO)CC1. The van der Waals surface area contributed by atoms with E-state index in [2.05, 4.69) is 9.88 Å². The molecule has 1 N–H and O–H groups in total. The average molecular weight is 287 g/mol. The predicted octanol–water partition coefficient (Wildman–Crippen LogP) is 0.757. The summed E-state index contributed by atoms with van der Waals surface area (Å²) in [6.45, 7) is 3.49. The maximum Gasteiger partial charge on any atom is 0.311 e. The summed E-state index contributed by atoms with van der Waals surface area (Å²) in [5.41, 5.74) is -0.0278. The Balaban J connectivity index is 2.14. The van der Waals surface area contributed by atoms with Crippen molar-refractivity contribution in [3.63, 3.8) is 0 Å². The Morgan fingerprint density at radius 3 is 2.63 bits per heavy atom. The molecule has 0 amide bonds. The molecule has 2 heterocycles. The number of hydrogen-bond donors (Lipinski definition) is 1. The van der Waals surface area contributed by atoms with Gasteiger partial charge in [-0.1, -0.05) is 11.6 Å². The number of aliphatic hydroxyl groups is 1. The van der Waals surface area contributed by atoms with Crippen molar-refractivity contribution in [2.45, 2.75) is 0 Å². The number of anilines is 1. The Kier molecular flexibility index (Phi) is 4.52. The lowest BCUT2D eigenvalue weighted by Crippen LogP contribution is -2.47. The van der Waals surface area contributed by atoms with Gasteiger partial charge in [-0.25, -0.2) is 4.98 Å². The van der Waals surface area contributed by atoms with Crippen LogP contribution in [0.25, 0.3) is 0 Å². The summed E-state index contributed by atoms with van der Waals surface area (Å²) < 4.78 is 0. The van der Waals surface area contributed by atoms with Crippen LogP contribution >= 0.6 is 11.6 Å². The second-order valence-electron chi connectivity index (χ2n) is 4.29. The standard InChI is InChI=1S/C11H15ClN4O3/c12-10-2-1-9(16(18)19)11(13-10)15-5-3-14(4-6-15)7-8-17/h1-2,17H,3-8H2. The van der Waals surface area contributed by atoms with Gasteiger partial charge in [0.15, 0.2) is 0 Å². The Hall–Kier alpha value is -1.44. The van der Waals surface area contributed by atoms with Crippen molar-refractivity contribution in [2.24, 2.45) is 0 Å². The Morgan fingerprint density at radius 2 is 2.05 bits per heavy atom. The summed E-state index contributed by atoms with van der Waals surface area (Å²) in [7, 11) is 0. The first-order chi connectivity index (χ1) is 9.11. The highest BCUT2D eigenvalue weighted by Gasteiger charge is 2.25. The molecular weight excluding hydrogens is 272 g/mol. The molecular formula is C11H15ClN4O3. The monoisotopic (exact) mass is 286 g/mol. The van der Waals surface area contributed by atoms with E-state index in [-0.39, 0.29) is 17.4 Å². The fourth-order valence-corrected chi connectivity index (χ4v) is 2.26. The van der Waals surface area contributed by atoms with Crippen molar-refractivity contribution in [3.8, 4) is 0 Å². The van der Waals surface area contributed by atoms with E-state index in [4.69, 9.17) is 16.7 Å². The van der Waals surface area contributed by atoms with Crippen LogP contribution in [0.3, 0.4) is 0 Å². The molecule has 0 aliphatic carbocycles. The molecule has 0 unspecified atom stereocenters. The van der Waals surface area contributed by atoms with Crippen LogP contribution in [0.15, 0.2) is 12.1 Å². The highest BCUT2D eigenvalue weighted by Crippen LogP contribution is 2.28. The van der Waals surface area contributed by atoms with Crippen LogP contribution in [0.5, 0.6) is 0 Å². The quantitative estimate of drug-likeness (QED) is 0.500. The van der Waals surface area contributed by atoms with Crippen LogP contribution in [0.4, 0.5) is 11.5 Å². The van der Waals surface area contributed by atoms with Crippen LogP contribution in [0, 0.1) is 10.1 Å². The maximum absolute atomic E-state index is 11.0. The van der Waals surface area contributed by atoms with E-state index >= 15 is 0 Å². The molecule has 0 atom stereocenters. The number of nitro groups is 1. The van der Waals surface area contributed by atoms with Gasteiger partial charge in [-0.3, -0.25) is 15.0 Å². The minimum atomic E-state index is -0.446. The van der Waals surface area contributed by atoms with Gasteiger partial charge in [0.1, 0.15) is 5.15 Å². The topological polar surface area (TPSA) is 82.7 Å². The van der Waals surface area contributed by atoms with Gasteiger partial charge in [-0.2, -0.15) is 0 Å². The number of aromatic nitrogens is 1. The third kappa shape index (κ3) is 3.31. The van der Waals surface area contributed by atoms with Crippen molar-refractivity contribution in [2.75, 3.05) is 44.2 Å². The second-order valence-corrected chi connectivity index (χ2v) is 4.67. The minimum absolute atomic E-state index is 0.0278. The molecule has 0 bridgehead atoms. The summed E-state index contributed by atoms with van der Waals surface area (Å²) in [5.74, 6) is 0.321. The van der Waals surface area contributed by atoms with E-state index in [9.17, 15) is 10.1 Å². The summed E-state index contributed by atoms with van der Waals surface area (Å²) in [6, 6.07) is 2.80. The molecule has 1 fully saturated rings. The molecule has 7 nitrogen and oxygen atoms in total. The van der Waals surface area contributed by atoms with Crippen molar-refractivity contribution < 1.29 is 10.0 Å². The number of rotatable bonds is 4. The molecule has 1 aromatic rings. The summed E-state index contributed by atoms with van der Waals surface area (Å²) >= 11 is 5.82.